The Bertz CT molecular complexity index is 691. The van der Waals surface area contributed by atoms with Gasteiger partial charge in [-0.2, -0.15) is 0 Å². The lowest BCUT2D eigenvalue weighted by atomic mass is 10.1. The van der Waals surface area contributed by atoms with E-state index in [9.17, 15) is 4.79 Å². The maximum absolute atomic E-state index is 12.0. The van der Waals surface area contributed by atoms with Gasteiger partial charge in [0, 0.05) is 16.0 Å². The van der Waals surface area contributed by atoms with Crippen LogP contribution in [0.25, 0.3) is 22.3 Å². The lowest BCUT2D eigenvalue weighted by Crippen LogP contribution is -1.80. The smallest absolute Gasteiger partial charge is 0.195 e. The van der Waals surface area contributed by atoms with Crippen molar-refractivity contribution in [3.8, 4) is 22.3 Å². The van der Waals surface area contributed by atoms with Crippen molar-refractivity contribution >= 4 is 11.8 Å². The maximum Gasteiger partial charge on any atom is 0.195 e. The summed E-state index contributed by atoms with van der Waals surface area (Å²) in [6, 6.07) is 17.9. The Hall–Kier alpha value is -1.80. The van der Waals surface area contributed by atoms with Crippen LogP contribution in [0.1, 0.15) is 0 Å². The lowest BCUT2D eigenvalue weighted by molar-refractivity contribution is 1.47. The zero-order valence-corrected chi connectivity index (χ0v) is 10.8. The first-order chi connectivity index (χ1) is 8.83. The first-order valence-electron chi connectivity index (χ1n) is 5.80. The molecule has 0 fully saturated rings. The molecule has 0 aliphatic rings. The molecule has 0 saturated heterocycles. The molecule has 3 aromatic carbocycles. The highest BCUT2D eigenvalue weighted by atomic mass is 32.2. The van der Waals surface area contributed by atoms with Gasteiger partial charge in [0.05, 0.1) is 0 Å². The molecular formula is C16H12OS. The summed E-state index contributed by atoms with van der Waals surface area (Å²) >= 11 is 1.68. The van der Waals surface area contributed by atoms with Crippen LogP contribution in [0.5, 0.6) is 0 Å². The molecule has 1 nitrogen and oxygen atoms in total. The number of rotatable bonds is 3. The van der Waals surface area contributed by atoms with Crippen molar-refractivity contribution in [3.63, 3.8) is 0 Å². The van der Waals surface area contributed by atoms with E-state index in [1.54, 1.807) is 11.8 Å². The van der Waals surface area contributed by atoms with Gasteiger partial charge in [-0.1, -0.05) is 48.5 Å². The minimum atomic E-state index is 0.183. The summed E-state index contributed by atoms with van der Waals surface area (Å²) in [4.78, 5) is 13.2. The zero-order valence-electron chi connectivity index (χ0n) is 10.0. The fraction of sp³-hybridized carbons (Fsp3) is 0.0625. The van der Waals surface area contributed by atoms with Crippen LogP contribution in [-0.4, -0.2) is 6.26 Å². The number of hydrogen-bond donors (Lipinski definition) is 0. The summed E-state index contributed by atoms with van der Waals surface area (Å²) in [7, 11) is 0. The Balaban J connectivity index is 2.09. The van der Waals surface area contributed by atoms with Crippen molar-refractivity contribution in [1.82, 2.24) is 0 Å². The van der Waals surface area contributed by atoms with Gasteiger partial charge in [0.2, 0.25) is 0 Å². The van der Waals surface area contributed by atoms with Crippen molar-refractivity contribution in [2.75, 3.05) is 6.26 Å². The SMILES string of the molecule is CSc1ccccc1-c1c(-c2ccccc2)c1=O. The minimum absolute atomic E-state index is 0.183. The predicted molar refractivity (Wildman–Crippen MR) is 77.7 cm³/mol. The zero-order chi connectivity index (χ0) is 12.5. The molecule has 0 atom stereocenters. The summed E-state index contributed by atoms with van der Waals surface area (Å²) in [5.41, 5.74) is 4.02. The molecule has 0 unspecified atom stereocenters. The Labute approximate surface area is 110 Å². The summed E-state index contributed by atoms with van der Waals surface area (Å²) in [6.45, 7) is 0. The number of hydrogen-bond acceptors (Lipinski definition) is 2. The van der Waals surface area contributed by atoms with Crippen molar-refractivity contribution < 1.29 is 0 Å². The standard InChI is InChI=1S/C16H12OS/c1-18-13-10-6-5-9-12(13)15-14(16(15)17)11-7-3-2-4-8-11/h2-10H,1H3. The highest BCUT2D eigenvalue weighted by Crippen LogP contribution is 2.38. The second-order valence-electron chi connectivity index (χ2n) is 4.15. The monoisotopic (exact) mass is 252 g/mol. The van der Waals surface area contributed by atoms with E-state index in [4.69, 9.17) is 0 Å². The lowest BCUT2D eigenvalue weighted by Gasteiger charge is -2.01. The summed E-state index contributed by atoms with van der Waals surface area (Å²) in [5, 5.41) is 0. The highest BCUT2D eigenvalue weighted by molar-refractivity contribution is 7.98. The van der Waals surface area contributed by atoms with Crippen molar-refractivity contribution in [3.05, 3.63) is 64.8 Å². The molecule has 0 heterocycles. The Morgan fingerprint density at radius 2 is 1.50 bits per heavy atom. The third kappa shape index (κ3) is 1.79. The van der Waals surface area contributed by atoms with E-state index in [1.165, 1.54) is 0 Å². The third-order valence-corrected chi connectivity index (χ3v) is 3.88. The largest absolute Gasteiger partial charge is 0.289 e. The predicted octanol–water partition coefficient (Wildman–Crippen LogP) is 3.98. The number of thioether (sulfide) groups is 1. The first-order valence-corrected chi connectivity index (χ1v) is 7.03. The van der Waals surface area contributed by atoms with Crippen LogP contribution >= 0.6 is 11.8 Å². The van der Waals surface area contributed by atoms with E-state index in [0.29, 0.717) is 0 Å². The fourth-order valence-corrected chi connectivity index (χ4v) is 2.76. The quantitative estimate of drug-likeness (QED) is 0.656. The summed E-state index contributed by atoms with van der Waals surface area (Å²) < 4.78 is 0. The van der Waals surface area contributed by atoms with Gasteiger partial charge in [-0.05, 0) is 23.4 Å². The van der Waals surface area contributed by atoms with Crippen LogP contribution in [0.2, 0.25) is 0 Å². The van der Waals surface area contributed by atoms with E-state index < -0.39 is 0 Å². The van der Waals surface area contributed by atoms with Gasteiger partial charge in [-0.3, -0.25) is 4.79 Å². The van der Waals surface area contributed by atoms with E-state index in [2.05, 4.69) is 6.07 Å². The minimum Gasteiger partial charge on any atom is -0.289 e. The summed E-state index contributed by atoms with van der Waals surface area (Å²) in [6.07, 6.45) is 2.04. The van der Waals surface area contributed by atoms with E-state index in [1.807, 2.05) is 54.8 Å². The molecule has 2 heteroatoms. The van der Waals surface area contributed by atoms with Crippen LogP contribution < -0.4 is 5.43 Å². The molecule has 18 heavy (non-hydrogen) atoms. The highest BCUT2D eigenvalue weighted by Gasteiger charge is 2.26. The molecule has 0 radical (unpaired) electrons. The number of benzene rings is 2. The molecule has 0 bridgehead atoms. The van der Waals surface area contributed by atoms with Gasteiger partial charge >= 0.3 is 0 Å². The first kappa shape index (κ1) is 11.3. The molecule has 0 amide bonds. The van der Waals surface area contributed by atoms with E-state index in [0.717, 1.165) is 27.1 Å². The van der Waals surface area contributed by atoms with Gasteiger partial charge in [-0.15, -0.1) is 11.8 Å². The Morgan fingerprint density at radius 1 is 0.833 bits per heavy atom. The Morgan fingerprint density at radius 3 is 2.22 bits per heavy atom. The molecule has 88 valence electrons. The topological polar surface area (TPSA) is 17.1 Å². The summed E-state index contributed by atoms with van der Waals surface area (Å²) in [5.74, 6) is 0. The second kappa shape index (κ2) is 4.46. The van der Waals surface area contributed by atoms with Crippen LogP contribution in [-0.2, 0) is 0 Å². The van der Waals surface area contributed by atoms with Crippen molar-refractivity contribution in [1.29, 1.82) is 0 Å². The molecule has 0 aliphatic heterocycles. The normalized spacial score (nSPS) is 10.9. The van der Waals surface area contributed by atoms with Crippen molar-refractivity contribution in [2.24, 2.45) is 0 Å². The Kier molecular flexibility index (Phi) is 2.80. The van der Waals surface area contributed by atoms with Crippen LogP contribution in [0.3, 0.4) is 0 Å². The van der Waals surface area contributed by atoms with Gasteiger partial charge in [0.15, 0.2) is 5.43 Å². The third-order valence-electron chi connectivity index (χ3n) is 3.08. The molecule has 0 aliphatic carbocycles. The van der Waals surface area contributed by atoms with Crippen LogP contribution in [0.15, 0.2) is 64.3 Å². The average molecular weight is 252 g/mol. The molecule has 3 aromatic rings. The van der Waals surface area contributed by atoms with E-state index >= 15 is 0 Å². The van der Waals surface area contributed by atoms with Crippen LogP contribution in [0, 0.1) is 0 Å². The molecule has 0 saturated carbocycles. The van der Waals surface area contributed by atoms with Crippen LogP contribution in [0.4, 0.5) is 0 Å². The average Bonchev–Trinajstić information content (AvgIpc) is 3.11. The van der Waals surface area contributed by atoms with Gasteiger partial charge in [0.1, 0.15) is 0 Å². The van der Waals surface area contributed by atoms with Gasteiger partial charge in [-0.25, -0.2) is 0 Å². The molecular weight excluding hydrogens is 240 g/mol. The molecule has 3 rings (SSSR count). The molecule has 0 aromatic heterocycles. The van der Waals surface area contributed by atoms with Gasteiger partial charge in [0.25, 0.3) is 0 Å². The van der Waals surface area contributed by atoms with E-state index in [-0.39, 0.29) is 5.43 Å². The molecule has 0 spiro atoms. The van der Waals surface area contributed by atoms with Gasteiger partial charge < -0.3 is 0 Å². The maximum atomic E-state index is 12.0. The fourth-order valence-electron chi connectivity index (χ4n) is 2.16. The second-order valence-corrected chi connectivity index (χ2v) is 4.99. The molecule has 0 N–H and O–H groups in total. The van der Waals surface area contributed by atoms with Crippen molar-refractivity contribution in [2.45, 2.75) is 4.90 Å².